The van der Waals surface area contributed by atoms with E-state index in [0.29, 0.717) is 0 Å². The van der Waals surface area contributed by atoms with Gasteiger partial charge in [-0.2, -0.15) is 0 Å². The molecule has 1 aromatic rings. The summed E-state index contributed by atoms with van der Waals surface area (Å²) in [7, 11) is 0. The Balaban J connectivity index is 2.00. The summed E-state index contributed by atoms with van der Waals surface area (Å²) >= 11 is 0. The molecule has 0 saturated heterocycles. The highest BCUT2D eigenvalue weighted by molar-refractivity contribution is 5.96. The Kier molecular flexibility index (Phi) is 4.15. The number of hydrogen-bond acceptors (Lipinski definition) is 2. The molecule has 0 spiro atoms. The summed E-state index contributed by atoms with van der Waals surface area (Å²) in [5.41, 5.74) is 2.21. The van der Waals surface area contributed by atoms with E-state index in [4.69, 9.17) is 0 Å². The molecular formula is C14H20N2O. The molecule has 0 fully saturated rings. The lowest BCUT2D eigenvalue weighted by Crippen LogP contribution is -2.40. The summed E-state index contributed by atoms with van der Waals surface area (Å²) in [5.74, 6) is 0.103. The molecule has 0 saturated carbocycles. The van der Waals surface area contributed by atoms with Gasteiger partial charge < -0.3 is 10.6 Å². The van der Waals surface area contributed by atoms with Crippen molar-refractivity contribution >= 4 is 11.6 Å². The Hall–Kier alpha value is -1.35. The molecule has 1 amide bonds. The van der Waals surface area contributed by atoms with Gasteiger partial charge in [0.25, 0.3) is 0 Å². The lowest BCUT2D eigenvalue weighted by Gasteiger charge is -2.14. The highest BCUT2D eigenvalue weighted by atomic mass is 16.2. The average molecular weight is 232 g/mol. The van der Waals surface area contributed by atoms with Crippen molar-refractivity contribution in [3.05, 3.63) is 29.8 Å². The number of carbonyl (C=O) groups excluding carboxylic acids is 1. The summed E-state index contributed by atoms with van der Waals surface area (Å²) in [6.45, 7) is 3.08. The standard InChI is InChI=1S/C14H20N2O/c1-2-3-10-15-13-9-8-11-6-4-5-7-12(11)16-14(13)17/h4-7,13,15H,2-3,8-10H2,1H3,(H,16,17). The van der Waals surface area contributed by atoms with Crippen LogP contribution < -0.4 is 10.6 Å². The van der Waals surface area contributed by atoms with E-state index in [-0.39, 0.29) is 11.9 Å². The number of fused-ring (bicyclic) bond motifs is 1. The lowest BCUT2D eigenvalue weighted by molar-refractivity contribution is -0.118. The van der Waals surface area contributed by atoms with E-state index in [9.17, 15) is 4.79 Å². The lowest BCUT2D eigenvalue weighted by atomic mass is 10.1. The van der Waals surface area contributed by atoms with Crippen molar-refractivity contribution in [2.45, 2.75) is 38.6 Å². The number of benzene rings is 1. The van der Waals surface area contributed by atoms with Gasteiger partial charge in [-0.15, -0.1) is 0 Å². The molecule has 1 heterocycles. The number of aryl methyl sites for hydroxylation is 1. The fourth-order valence-corrected chi connectivity index (χ4v) is 2.16. The van der Waals surface area contributed by atoms with Crippen molar-refractivity contribution in [1.82, 2.24) is 5.32 Å². The van der Waals surface area contributed by atoms with Crippen molar-refractivity contribution in [1.29, 1.82) is 0 Å². The first kappa shape index (κ1) is 12.1. The Morgan fingerprint density at radius 1 is 1.41 bits per heavy atom. The molecule has 3 heteroatoms. The minimum absolute atomic E-state index is 0.0473. The summed E-state index contributed by atoms with van der Waals surface area (Å²) in [6, 6.07) is 8.00. The van der Waals surface area contributed by atoms with Crippen molar-refractivity contribution in [2.75, 3.05) is 11.9 Å². The van der Waals surface area contributed by atoms with Crippen LogP contribution in [-0.4, -0.2) is 18.5 Å². The van der Waals surface area contributed by atoms with Crippen LogP contribution in [0.2, 0.25) is 0 Å². The van der Waals surface area contributed by atoms with Crippen LogP contribution in [0.15, 0.2) is 24.3 Å². The topological polar surface area (TPSA) is 41.1 Å². The Bertz CT molecular complexity index is 390. The summed E-state index contributed by atoms with van der Waals surface area (Å²) in [5, 5.41) is 6.33. The zero-order chi connectivity index (χ0) is 12.1. The van der Waals surface area contributed by atoms with Crippen LogP contribution in [0.5, 0.6) is 0 Å². The monoisotopic (exact) mass is 232 g/mol. The van der Waals surface area contributed by atoms with E-state index in [2.05, 4.69) is 23.6 Å². The van der Waals surface area contributed by atoms with Crippen LogP contribution in [0.3, 0.4) is 0 Å². The summed E-state index contributed by atoms with van der Waals surface area (Å²) in [4.78, 5) is 12.0. The fourth-order valence-electron chi connectivity index (χ4n) is 2.16. The number of unbranched alkanes of at least 4 members (excludes halogenated alkanes) is 1. The Morgan fingerprint density at radius 3 is 3.06 bits per heavy atom. The predicted octanol–water partition coefficient (Wildman–Crippen LogP) is 2.33. The molecule has 0 aliphatic carbocycles. The number of hydrogen-bond donors (Lipinski definition) is 2. The minimum atomic E-state index is -0.0473. The van der Waals surface area contributed by atoms with Crippen molar-refractivity contribution in [2.24, 2.45) is 0 Å². The molecule has 1 atom stereocenters. The SMILES string of the molecule is CCCCNC1CCc2ccccc2NC1=O. The van der Waals surface area contributed by atoms with E-state index < -0.39 is 0 Å². The maximum atomic E-state index is 12.0. The second-order valence-corrected chi connectivity index (χ2v) is 4.55. The third-order valence-corrected chi connectivity index (χ3v) is 3.22. The summed E-state index contributed by atoms with van der Waals surface area (Å²) < 4.78 is 0. The normalized spacial score (nSPS) is 19.4. The van der Waals surface area contributed by atoms with E-state index >= 15 is 0 Å². The Morgan fingerprint density at radius 2 is 2.24 bits per heavy atom. The van der Waals surface area contributed by atoms with Gasteiger partial charge in [0, 0.05) is 5.69 Å². The minimum Gasteiger partial charge on any atom is -0.324 e. The highest BCUT2D eigenvalue weighted by Crippen LogP contribution is 2.21. The number of carbonyl (C=O) groups is 1. The van der Waals surface area contributed by atoms with E-state index in [1.54, 1.807) is 0 Å². The largest absolute Gasteiger partial charge is 0.324 e. The third-order valence-electron chi connectivity index (χ3n) is 3.22. The number of anilines is 1. The van der Waals surface area contributed by atoms with Gasteiger partial charge in [0.2, 0.25) is 5.91 Å². The number of nitrogens with one attached hydrogen (secondary N) is 2. The molecular weight excluding hydrogens is 212 g/mol. The van der Waals surface area contributed by atoms with Gasteiger partial charge in [-0.05, 0) is 37.4 Å². The van der Waals surface area contributed by atoms with E-state index in [1.807, 2.05) is 18.2 Å². The van der Waals surface area contributed by atoms with Gasteiger partial charge in [0.05, 0.1) is 6.04 Å². The van der Waals surface area contributed by atoms with E-state index in [0.717, 1.165) is 37.9 Å². The van der Waals surface area contributed by atoms with Gasteiger partial charge in [-0.3, -0.25) is 4.79 Å². The van der Waals surface area contributed by atoms with Crippen molar-refractivity contribution in [3.63, 3.8) is 0 Å². The second kappa shape index (κ2) is 5.82. The zero-order valence-electron chi connectivity index (χ0n) is 10.3. The molecule has 2 N–H and O–H groups in total. The van der Waals surface area contributed by atoms with Gasteiger partial charge in [0.15, 0.2) is 0 Å². The van der Waals surface area contributed by atoms with Crippen LogP contribution in [0.4, 0.5) is 5.69 Å². The van der Waals surface area contributed by atoms with Crippen molar-refractivity contribution in [3.8, 4) is 0 Å². The quantitative estimate of drug-likeness (QED) is 0.782. The van der Waals surface area contributed by atoms with Crippen LogP contribution in [-0.2, 0) is 11.2 Å². The average Bonchev–Trinajstić information content (AvgIpc) is 2.49. The molecule has 3 nitrogen and oxygen atoms in total. The number of rotatable bonds is 4. The predicted molar refractivity (Wildman–Crippen MR) is 70.1 cm³/mol. The first-order valence-corrected chi connectivity index (χ1v) is 6.43. The maximum absolute atomic E-state index is 12.0. The van der Waals surface area contributed by atoms with Crippen LogP contribution in [0.25, 0.3) is 0 Å². The van der Waals surface area contributed by atoms with Gasteiger partial charge in [-0.1, -0.05) is 31.5 Å². The second-order valence-electron chi connectivity index (χ2n) is 4.55. The number of amides is 1. The molecule has 1 aliphatic heterocycles. The molecule has 0 radical (unpaired) electrons. The fraction of sp³-hybridized carbons (Fsp3) is 0.500. The van der Waals surface area contributed by atoms with Crippen molar-refractivity contribution < 1.29 is 4.79 Å². The molecule has 0 aromatic heterocycles. The van der Waals surface area contributed by atoms with Crippen LogP contribution >= 0.6 is 0 Å². The molecule has 1 aliphatic rings. The maximum Gasteiger partial charge on any atom is 0.241 e. The smallest absolute Gasteiger partial charge is 0.241 e. The molecule has 92 valence electrons. The molecule has 0 bridgehead atoms. The van der Waals surface area contributed by atoms with Gasteiger partial charge in [-0.25, -0.2) is 0 Å². The van der Waals surface area contributed by atoms with Crippen LogP contribution in [0.1, 0.15) is 31.7 Å². The molecule has 17 heavy (non-hydrogen) atoms. The third kappa shape index (κ3) is 3.07. The summed E-state index contributed by atoms with van der Waals surface area (Å²) in [6.07, 6.45) is 4.11. The van der Waals surface area contributed by atoms with Gasteiger partial charge >= 0.3 is 0 Å². The first-order chi connectivity index (χ1) is 8.31. The molecule has 1 aromatic carbocycles. The number of para-hydroxylation sites is 1. The zero-order valence-corrected chi connectivity index (χ0v) is 10.3. The molecule has 1 unspecified atom stereocenters. The first-order valence-electron chi connectivity index (χ1n) is 6.43. The highest BCUT2D eigenvalue weighted by Gasteiger charge is 2.22. The van der Waals surface area contributed by atoms with E-state index in [1.165, 1.54) is 5.56 Å². The Labute approximate surface area is 103 Å². The van der Waals surface area contributed by atoms with Gasteiger partial charge in [0.1, 0.15) is 0 Å². The molecule has 2 rings (SSSR count). The van der Waals surface area contributed by atoms with Crippen LogP contribution in [0, 0.1) is 0 Å².